The van der Waals surface area contributed by atoms with Gasteiger partial charge >= 0.3 is 0 Å². The Balaban J connectivity index is 1.81. The number of carbonyl (C=O) groups is 1. The minimum atomic E-state index is -0.503. The number of aryl methyl sites for hydroxylation is 2. The lowest BCUT2D eigenvalue weighted by Crippen LogP contribution is -2.34. The van der Waals surface area contributed by atoms with Gasteiger partial charge in [0, 0.05) is 17.9 Å². The van der Waals surface area contributed by atoms with E-state index in [1.165, 1.54) is 28.8 Å². The smallest absolute Gasteiger partial charge is 0.256 e. The molecule has 0 fully saturated rings. The summed E-state index contributed by atoms with van der Waals surface area (Å²) in [6, 6.07) is 9.92. The van der Waals surface area contributed by atoms with Crippen molar-refractivity contribution < 1.29 is 9.18 Å². The van der Waals surface area contributed by atoms with Crippen LogP contribution in [0.25, 0.3) is 5.78 Å². The molecule has 9 heteroatoms. The van der Waals surface area contributed by atoms with Crippen LogP contribution in [0.1, 0.15) is 17.8 Å². The molecular weight excluding hydrogens is 367 g/mol. The standard InChI is InChI=1S/C18H17FN6OS/c1-12-10-13(2)25-17(21-12)22-23-18(25)27-11-16(26)24(9-5-8-20)15-7-4-3-6-14(15)19/h3-4,6-7,10H,5,9,11H2,1-2H3. The van der Waals surface area contributed by atoms with E-state index in [0.29, 0.717) is 10.9 Å². The summed E-state index contributed by atoms with van der Waals surface area (Å²) in [6.07, 6.45) is 0.112. The summed E-state index contributed by atoms with van der Waals surface area (Å²) in [6.45, 7) is 3.91. The fourth-order valence-electron chi connectivity index (χ4n) is 2.71. The Morgan fingerprint density at radius 3 is 2.85 bits per heavy atom. The molecular formula is C18H17FN6OS. The Morgan fingerprint density at radius 2 is 2.11 bits per heavy atom. The van der Waals surface area contributed by atoms with Gasteiger partial charge in [-0.25, -0.2) is 9.37 Å². The highest BCUT2D eigenvalue weighted by Crippen LogP contribution is 2.23. The number of hydrogen-bond donors (Lipinski definition) is 0. The first kappa shape index (κ1) is 18.8. The zero-order chi connectivity index (χ0) is 19.4. The third kappa shape index (κ3) is 4.06. The summed E-state index contributed by atoms with van der Waals surface area (Å²) in [7, 11) is 0. The van der Waals surface area contributed by atoms with E-state index in [9.17, 15) is 9.18 Å². The van der Waals surface area contributed by atoms with Gasteiger partial charge in [-0.1, -0.05) is 23.9 Å². The molecule has 138 valence electrons. The molecule has 3 rings (SSSR count). The molecule has 0 saturated heterocycles. The molecule has 7 nitrogen and oxygen atoms in total. The zero-order valence-electron chi connectivity index (χ0n) is 14.9. The second-order valence-corrected chi connectivity index (χ2v) is 6.79. The number of nitriles is 1. The molecule has 0 saturated carbocycles. The van der Waals surface area contributed by atoms with Gasteiger partial charge in [-0.2, -0.15) is 5.26 Å². The number of nitrogens with zero attached hydrogens (tertiary/aromatic N) is 6. The molecule has 0 atom stereocenters. The van der Waals surface area contributed by atoms with Gasteiger partial charge in [-0.15, -0.1) is 10.2 Å². The van der Waals surface area contributed by atoms with Crippen LogP contribution in [0.3, 0.4) is 0 Å². The van der Waals surface area contributed by atoms with Gasteiger partial charge in [-0.3, -0.25) is 9.20 Å². The quantitative estimate of drug-likeness (QED) is 0.607. The van der Waals surface area contributed by atoms with Crippen molar-refractivity contribution in [3.05, 3.63) is 47.5 Å². The maximum Gasteiger partial charge on any atom is 0.256 e. The lowest BCUT2D eigenvalue weighted by molar-refractivity contribution is -0.116. The maximum absolute atomic E-state index is 14.1. The third-order valence-corrected chi connectivity index (χ3v) is 4.79. The Labute approximate surface area is 159 Å². The highest BCUT2D eigenvalue weighted by molar-refractivity contribution is 7.99. The van der Waals surface area contributed by atoms with Crippen LogP contribution < -0.4 is 4.90 Å². The van der Waals surface area contributed by atoms with E-state index < -0.39 is 5.82 Å². The van der Waals surface area contributed by atoms with Crippen LogP contribution in [0, 0.1) is 31.0 Å². The minimum Gasteiger partial charge on any atom is -0.308 e. The van der Waals surface area contributed by atoms with Gasteiger partial charge in [-0.05, 0) is 32.0 Å². The molecule has 0 aliphatic carbocycles. The SMILES string of the molecule is Cc1cc(C)n2c(SCC(=O)N(CCC#N)c3ccccc3F)nnc2n1. The van der Waals surface area contributed by atoms with Crippen LogP contribution in [-0.2, 0) is 4.79 Å². The summed E-state index contributed by atoms with van der Waals surface area (Å²) in [5.74, 6) is -0.307. The largest absolute Gasteiger partial charge is 0.308 e. The summed E-state index contributed by atoms with van der Waals surface area (Å²) < 4.78 is 15.9. The number of amides is 1. The lowest BCUT2D eigenvalue weighted by atomic mass is 10.2. The van der Waals surface area contributed by atoms with E-state index in [2.05, 4.69) is 15.2 Å². The van der Waals surface area contributed by atoms with Gasteiger partial charge in [0.2, 0.25) is 5.91 Å². The van der Waals surface area contributed by atoms with Crippen molar-refractivity contribution >= 4 is 29.1 Å². The number of aromatic nitrogens is 4. The Kier molecular flexibility index (Phi) is 5.66. The van der Waals surface area contributed by atoms with Crippen molar-refractivity contribution in [1.82, 2.24) is 19.6 Å². The predicted octanol–water partition coefficient (Wildman–Crippen LogP) is 2.92. The number of hydrogen-bond acceptors (Lipinski definition) is 6. The predicted molar refractivity (Wildman–Crippen MR) is 100.0 cm³/mol. The average molecular weight is 384 g/mol. The lowest BCUT2D eigenvalue weighted by Gasteiger charge is -2.22. The number of rotatable bonds is 6. The van der Waals surface area contributed by atoms with Crippen molar-refractivity contribution in [3.63, 3.8) is 0 Å². The molecule has 0 radical (unpaired) electrons. The molecule has 0 aliphatic heterocycles. The number of thioether (sulfide) groups is 1. The first-order valence-electron chi connectivity index (χ1n) is 8.25. The molecule has 0 N–H and O–H groups in total. The van der Waals surface area contributed by atoms with Crippen molar-refractivity contribution in [3.8, 4) is 6.07 Å². The average Bonchev–Trinajstić information content (AvgIpc) is 3.04. The van der Waals surface area contributed by atoms with E-state index >= 15 is 0 Å². The van der Waals surface area contributed by atoms with Crippen LogP contribution >= 0.6 is 11.8 Å². The number of fused-ring (bicyclic) bond motifs is 1. The van der Waals surface area contributed by atoms with Crippen LogP contribution in [0.15, 0.2) is 35.5 Å². The van der Waals surface area contributed by atoms with E-state index in [0.717, 1.165) is 11.4 Å². The summed E-state index contributed by atoms with van der Waals surface area (Å²) in [5.41, 5.74) is 1.91. The second-order valence-electron chi connectivity index (χ2n) is 5.85. The van der Waals surface area contributed by atoms with Gasteiger partial charge in [0.25, 0.3) is 5.78 Å². The molecule has 2 heterocycles. The molecule has 0 spiro atoms. The monoisotopic (exact) mass is 384 g/mol. The van der Waals surface area contributed by atoms with E-state index in [-0.39, 0.29) is 30.3 Å². The van der Waals surface area contributed by atoms with Gasteiger partial charge in [0.05, 0.1) is 23.9 Å². The van der Waals surface area contributed by atoms with Crippen molar-refractivity contribution in [1.29, 1.82) is 5.26 Å². The summed E-state index contributed by atoms with van der Waals surface area (Å²) in [4.78, 5) is 18.3. The van der Waals surface area contributed by atoms with E-state index in [4.69, 9.17) is 5.26 Å². The highest BCUT2D eigenvalue weighted by atomic mass is 32.2. The van der Waals surface area contributed by atoms with Crippen LogP contribution in [0.2, 0.25) is 0 Å². The second kappa shape index (κ2) is 8.14. The normalized spacial score (nSPS) is 10.7. The highest BCUT2D eigenvalue weighted by Gasteiger charge is 2.20. The molecule has 27 heavy (non-hydrogen) atoms. The Morgan fingerprint density at radius 1 is 1.33 bits per heavy atom. The first-order chi connectivity index (χ1) is 13.0. The molecule has 0 bridgehead atoms. The molecule has 3 aromatic rings. The van der Waals surface area contributed by atoms with Gasteiger partial charge in [0.15, 0.2) is 5.16 Å². The molecule has 0 aliphatic rings. The minimum absolute atomic E-state index is 0.0356. The molecule has 1 aromatic carbocycles. The van der Waals surface area contributed by atoms with Crippen molar-refractivity contribution in [2.45, 2.75) is 25.4 Å². The van der Waals surface area contributed by atoms with E-state index in [1.54, 1.807) is 16.5 Å². The third-order valence-electron chi connectivity index (χ3n) is 3.88. The maximum atomic E-state index is 14.1. The topological polar surface area (TPSA) is 87.2 Å². The number of carbonyl (C=O) groups excluding carboxylic acids is 1. The number of anilines is 1. The summed E-state index contributed by atoms with van der Waals surface area (Å²) >= 11 is 1.20. The molecule has 0 unspecified atom stereocenters. The van der Waals surface area contributed by atoms with Crippen LogP contribution in [0.5, 0.6) is 0 Å². The number of benzene rings is 1. The van der Waals surface area contributed by atoms with Crippen molar-refractivity contribution in [2.75, 3.05) is 17.2 Å². The van der Waals surface area contributed by atoms with Gasteiger partial charge < -0.3 is 4.90 Å². The molecule has 1 amide bonds. The molecule has 2 aromatic heterocycles. The van der Waals surface area contributed by atoms with Crippen molar-refractivity contribution in [2.24, 2.45) is 0 Å². The first-order valence-corrected chi connectivity index (χ1v) is 9.24. The fourth-order valence-corrected chi connectivity index (χ4v) is 3.57. The fraction of sp³-hybridized carbons (Fsp3) is 0.278. The Bertz CT molecular complexity index is 1030. The zero-order valence-corrected chi connectivity index (χ0v) is 15.7. The van der Waals surface area contributed by atoms with Gasteiger partial charge in [0.1, 0.15) is 5.82 Å². The number of para-hydroxylation sites is 1. The number of halogens is 1. The van der Waals surface area contributed by atoms with Crippen LogP contribution in [0.4, 0.5) is 10.1 Å². The Hall–Kier alpha value is -2.99. The van der Waals surface area contributed by atoms with E-state index in [1.807, 2.05) is 26.0 Å². The summed E-state index contributed by atoms with van der Waals surface area (Å²) in [5, 5.41) is 17.5. The van der Waals surface area contributed by atoms with Crippen LogP contribution in [-0.4, -0.2) is 37.8 Å².